The van der Waals surface area contributed by atoms with Crippen molar-refractivity contribution in [1.29, 1.82) is 0 Å². The monoisotopic (exact) mass is 341 g/mol. The van der Waals surface area contributed by atoms with Gasteiger partial charge in [0.25, 0.3) is 0 Å². The quantitative estimate of drug-likeness (QED) is 0.711. The molecule has 0 bridgehead atoms. The Morgan fingerprint density at radius 3 is 2.68 bits per heavy atom. The number of carbonyl (C=O) groups is 1. The first-order valence-corrected chi connectivity index (χ1v) is 7.72. The molecule has 3 aromatic rings. The minimum atomic E-state index is -1.05. The number of carboxylic acids is 1. The number of aliphatic carboxylic acids is 1. The van der Waals surface area contributed by atoms with Crippen LogP contribution in [0.1, 0.15) is 5.69 Å². The molecule has 2 aromatic heterocycles. The number of pyridine rings is 1. The van der Waals surface area contributed by atoms with Crippen LogP contribution in [0.2, 0.25) is 0 Å². The summed E-state index contributed by atoms with van der Waals surface area (Å²) < 4.78 is 12.5. The molecule has 0 aliphatic carbocycles. The summed E-state index contributed by atoms with van der Waals surface area (Å²) in [5.41, 5.74) is 8.69. The van der Waals surface area contributed by atoms with E-state index in [1.54, 1.807) is 20.3 Å². The number of benzene rings is 1. The van der Waals surface area contributed by atoms with Crippen LogP contribution < -0.4 is 15.2 Å². The lowest BCUT2D eigenvalue weighted by molar-refractivity contribution is -0.138. The molecule has 3 N–H and O–H groups in total. The fourth-order valence-electron chi connectivity index (χ4n) is 2.75. The van der Waals surface area contributed by atoms with Crippen molar-refractivity contribution in [2.75, 3.05) is 14.2 Å². The molecule has 0 fully saturated rings. The standard InChI is InChI=1S/C18H19N3O4/c1-24-14-7-6-11(9-15(14)25-2)17-13(10-12(19)18(22)23)21-8-4-3-5-16(21)20-17/h3-9,12H,10,19H2,1-2H3,(H,22,23). The molecule has 7 heteroatoms. The second kappa shape index (κ2) is 6.82. The van der Waals surface area contributed by atoms with E-state index < -0.39 is 12.0 Å². The molecular formula is C18H19N3O4. The zero-order valence-corrected chi connectivity index (χ0v) is 14.0. The van der Waals surface area contributed by atoms with Gasteiger partial charge < -0.3 is 24.7 Å². The highest BCUT2D eigenvalue weighted by molar-refractivity contribution is 5.75. The third kappa shape index (κ3) is 3.14. The normalized spacial score (nSPS) is 12.1. The molecule has 130 valence electrons. The molecule has 0 saturated heterocycles. The molecule has 0 aliphatic heterocycles. The van der Waals surface area contributed by atoms with Crippen molar-refractivity contribution in [2.24, 2.45) is 5.73 Å². The van der Waals surface area contributed by atoms with Gasteiger partial charge in [-0.25, -0.2) is 4.98 Å². The number of aromatic nitrogens is 2. The highest BCUT2D eigenvalue weighted by Crippen LogP contribution is 2.34. The van der Waals surface area contributed by atoms with Gasteiger partial charge in [-0.3, -0.25) is 4.79 Å². The molecule has 0 amide bonds. The first-order valence-electron chi connectivity index (χ1n) is 7.72. The molecule has 0 saturated carbocycles. The summed E-state index contributed by atoms with van der Waals surface area (Å²) >= 11 is 0. The van der Waals surface area contributed by atoms with Crippen molar-refractivity contribution in [2.45, 2.75) is 12.5 Å². The summed E-state index contributed by atoms with van der Waals surface area (Å²) in [5, 5.41) is 9.17. The first kappa shape index (κ1) is 16.8. The van der Waals surface area contributed by atoms with Crippen molar-refractivity contribution >= 4 is 11.6 Å². The van der Waals surface area contributed by atoms with Gasteiger partial charge in [-0.1, -0.05) is 6.07 Å². The fourth-order valence-corrected chi connectivity index (χ4v) is 2.75. The van der Waals surface area contributed by atoms with Gasteiger partial charge in [-0.2, -0.15) is 0 Å². The van der Waals surface area contributed by atoms with Crippen molar-refractivity contribution in [3.63, 3.8) is 0 Å². The second-order valence-corrected chi connectivity index (χ2v) is 5.55. The molecule has 0 radical (unpaired) electrons. The van der Waals surface area contributed by atoms with Crippen molar-refractivity contribution < 1.29 is 19.4 Å². The molecule has 1 atom stereocenters. The molecule has 3 rings (SSSR count). The van der Waals surface area contributed by atoms with E-state index in [1.807, 2.05) is 40.9 Å². The van der Waals surface area contributed by atoms with Crippen LogP contribution in [0.25, 0.3) is 16.9 Å². The van der Waals surface area contributed by atoms with Gasteiger partial charge in [-0.05, 0) is 30.3 Å². The molecular weight excluding hydrogens is 322 g/mol. The molecule has 1 unspecified atom stereocenters. The maximum absolute atomic E-state index is 11.2. The molecule has 1 aromatic carbocycles. The van der Waals surface area contributed by atoms with Crippen molar-refractivity contribution in [3.8, 4) is 22.8 Å². The van der Waals surface area contributed by atoms with Crippen LogP contribution in [-0.4, -0.2) is 40.7 Å². The van der Waals surface area contributed by atoms with E-state index in [4.69, 9.17) is 15.2 Å². The summed E-state index contributed by atoms with van der Waals surface area (Å²) in [7, 11) is 3.13. The van der Waals surface area contributed by atoms with Gasteiger partial charge in [0.1, 0.15) is 11.7 Å². The predicted molar refractivity (Wildman–Crippen MR) is 93.0 cm³/mol. The molecule has 2 heterocycles. The van der Waals surface area contributed by atoms with Gasteiger partial charge in [-0.15, -0.1) is 0 Å². The number of imidazole rings is 1. The van der Waals surface area contributed by atoms with Crippen LogP contribution in [0.5, 0.6) is 11.5 Å². The highest BCUT2D eigenvalue weighted by Gasteiger charge is 2.21. The number of carboxylic acid groups (broad SMARTS) is 1. The van der Waals surface area contributed by atoms with Gasteiger partial charge in [0, 0.05) is 18.2 Å². The van der Waals surface area contributed by atoms with E-state index in [2.05, 4.69) is 4.98 Å². The van der Waals surface area contributed by atoms with Crippen LogP contribution in [-0.2, 0) is 11.2 Å². The summed E-state index contributed by atoms with van der Waals surface area (Å²) in [4.78, 5) is 15.8. The Balaban J connectivity index is 2.16. The number of methoxy groups -OCH3 is 2. The van der Waals surface area contributed by atoms with Crippen LogP contribution in [0.3, 0.4) is 0 Å². The summed E-state index contributed by atoms with van der Waals surface area (Å²) in [6, 6.07) is 10.1. The topological polar surface area (TPSA) is 99.1 Å². The number of fused-ring (bicyclic) bond motifs is 1. The van der Waals surface area contributed by atoms with Crippen LogP contribution in [0.4, 0.5) is 0 Å². The smallest absolute Gasteiger partial charge is 0.320 e. The molecule has 0 spiro atoms. The predicted octanol–water partition coefficient (Wildman–Crippen LogP) is 1.97. The van der Waals surface area contributed by atoms with E-state index in [9.17, 15) is 9.90 Å². The van der Waals surface area contributed by atoms with Gasteiger partial charge in [0.15, 0.2) is 11.5 Å². The lowest BCUT2D eigenvalue weighted by Crippen LogP contribution is -2.32. The maximum atomic E-state index is 11.2. The average Bonchev–Trinajstić information content (AvgIpc) is 2.99. The van der Waals surface area contributed by atoms with E-state index >= 15 is 0 Å². The zero-order chi connectivity index (χ0) is 18.0. The first-order chi connectivity index (χ1) is 12.0. The van der Waals surface area contributed by atoms with Gasteiger partial charge in [0.2, 0.25) is 0 Å². The Morgan fingerprint density at radius 1 is 1.24 bits per heavy atom. The number of nitrogens with two attached hydrogens (primary N) is 1. The summed E-state index contributed by atoms with van der Waals surface area (Å²) in [5.74, 6) is 0.133. The Hall–Kier alpha value is -3.06. The third-order valence-electron chi connectivity index (χ3n) is 4.02. The Bertz CT molecular complexity index is 920. The lowest BCUT2D eigenvalue weighted by atomic mass is 10.0. The third-order valence-corrected chi connectivity index (χ3v) is 4.02. The average molecular weight is 341 g/mol. The SMILES string of the molecule is COc1ccc(-c2nc3ccccn3c2CC(N)C(=O)O)cc1OC. The molecule has 0 aliphatic rings. The maximum Gasteiger partial charge on any atom is 0.320 e. The number of nitrogens with zero attached hydrogens (tertiary/aromatic N) is 2. The Kier molecular flexibility index (Phi) is 4.58. The van der Waals surface area contributed by atoms with Crippen LogP contribution >= 0.6 is 0 Å². The largest absolute Gasteiger partial charge is 0.493 e. The Morgan fingerprint density at radius 2 is 2.00 bits per heavy atom. The zero-order valence-electron chi connectivity index (χ0n) is 14.0. The van der Waals surface area contributed by atoms with Crippen LogP contribution in [0.15, 0.2) is 42.6 Å². The van der Waals surface area contributed by atoms with E-state index in [-0.39, 0.29) is 6.42 Å². The molecule has 7 nitrogen and oxygen atoms in total. The van der Waals surface area contributed by atoms with E-state index in [0.29, 0.717) is 17.2 Å². The second-order valence-electron chi connectivity index (χ2n) is 5.55. The number of rotatable bonds is 6. The fraction of sp³-hybridized carbons (Fsp3) is 0.222. The van der Waals surface area contributed by atoms with E-state index in [1.165, 1.54) is 0 Å². The number of hydrogen-bond donors (Lipinski definition) is 2. The summed E-state index contributed by atoms with van der Waals surface area (Å²) in [6.45, 7) is 0. The summed E-state index contributed by atoms with van der Waals surface area (Å²) in [6.07, 6.45) is 2.00. The highest BCUT2D eigenvalue weighted by atomic mass is 16.5. The van der Waals surface area contributed by atoms with Gasteiger partial charge >= 0.3 is 5.97 Å². The number of ether oxygens (including phenoxy) is 2. The van der Waals surface area contributed by atoms with Gasteiger partial charge in [0.05, 0.1) is 25.6 Å². The van der Waals surface area contributed by atoms with Crippen LogP contribution in [0, 0.1) is 0 Å². The van der Waals surface area contributed by atoms with Crippen molar-refractivity contribution in [3.05, 3.63) is 48.3 Å². The van der Waals surface area contributed by atoms with Crippen molar-refractivity contribution in [1.82, 2.24) is 9.38 Å². The minimum absolute atomic E-state index is 0.157. The minimum Gasteiger partial charge on any atom is -0.493 e. The van der Waals surface area contributed by atoms with E-state index in [0.717, 1.165) is 16.9 Å². The molecule has 25 heavy (non-hydrogen) atoms. The lowest BCUT2D eigenvalue weighted by Gasteiger charge is -2.11. The Labute approximate surface area is 144 Å². The number of hydrogen-bond acceptors (Lipinski definition) is 5.